The molecule has 0 aliphatic heterocycles. The van der Waals surface area contributed by atoms with Crippen LogP contribution in [0.2, 0.25) is 0 Å². The average molecular weight is 229 g/mol. The Hall–Kier alpha value is -1.42. The van der Waals surface area contributed by atoms with Crippen LogP contribution in [0.5, 0.6) is 0 Å². The van der Waals surface area contributed by atoms with E-state index in [9.17, 15) is 0 Å². The third-order valence-electron chi connectivity index (χ3n) is 3.19. The number of nitrogens with one attached hydrogen (secondary N) is 1. The van der Waals surface area contributed by atoms with Gasteiger partial charge in [0.15, 0.2) is 0 Å². The molecule has 1 rings (SSSR count). The van der Waals surface area contributed by atoms with E-state index < -0.39 is 0 Å². The Labute approximate surface area is 106 Å². The lowest BCUT2D eigenvalue weighted by molar-refractivity contribution is 0.473. The van der Waals surface area contributed by atoms with E-state index in [2.05, 4.69) is 37.2 Å². The molecule has 0 spiro atoms. The number of rotatable bonds is 7. The fraction of sp³-hybridized carbons (Fsp3) is 0.500. The monoisotopic (exact) mass is 229 g/mol. The highest BCUT2D eigenvalue weighted by Gasteiger charge is 2.05. The van der Waals surface area contributed by atoms with E-state index in [0.717, 1.165) is 18.0 Å². The Morgan fingerprint density at radius 3 is 2.47 bits per heavy atom. The highest BCUT2D eigenvalue weighted by Crippen LogP contribution is 2.15. The van der Waals surface area contributed by atoms with Crippen molar-refractivity contribution < 1.29 is 0 Å². The van der Waals surface area contributed by atoms with Gasteiger partial charge in [-0.15, -0.1) is 6.42 Å². The maximum atomic E-state index is 5.33. The average Bonchev–Trinajstić information content (AvgIpc) is 2.39. The summed E-state index contributed by atoms with van der Waals surface area (Å²) in [5, 5.41) is 3.49. The molecule has 0 aromatic heterocycles. The number of hydrogen-bond acceptors (Lipinski definition) is 1. The van der Waals surface area contributed by atoms with E-state index in [1.165, 1.54) is 31.4 Å². The van der Waals surface area contributed by atoms with Gasteiger partial charge >= 0.3 is 0 Å². The molecule has 0 amide bonds. The lowest BCUT2D eigenvalue weighted by Crippen LogP contribution is -2.13. The van der Waals surface area contributed by atoms with E-state index in [4.69, 9.17) is 6.42 Å². The van der Waals surface area contributed by atoms with Crippen LogP contribution in [0.15, 0.2) is 24.3 Å². The SMILES string of the molecule is C#Cc1ccc(NCC(CC)CCCC)cc1. The summed E-state index contributed by atoms with van der Waals surface area (Å²) in [4.78, 5) is 0. The minimum atomic E-state index is 0.780. The largest absolute Gasteiger partial charge is 0.385 e. The topological polar surface area (TPSA) is 12.0 Å². The molecular formula is C16H23N. The second kappa shape index (κ2) is 7.79. The fourth-order valence-electron chi connectivity index (χ4n) is 1.89. The van der Waals surface area contributed by atoms with Gasteiger partial charge in [-0.05, 0) is 36.6 Å². The van der Waals surface area contributed by atoms with E-state index in [1.54, 1.807) is 0 Å². The summed E-state index contributed by atoms with van der Waals surface area (Å²) in [6, 6.07) is 8.08. The molecule has 0 bridgehead atoms. The van der Waals surface area contributed by atoms with Crippen LogP contribution in [0.25, 0.3) is 0 Å². The Kier molecular flexibility index (Phi) is 6.25. The highest BCUT2D eigenvalue weighted by molar-refractivity contribution is 5.47. The molecule has 1 unspecified atom stereocenters. The van der Waals surface area contributed by atoms with Gasteiger partial charge in [-0.25, -0.2) is 0 Å². The standard InChI is InChI=1S/C16H23N/c1-4-7-8-15(6-3)13-17-16-11-9-14(5-2)10-12-16/h2,9-12,15,17H,4,6-8,13H2,1,3H3. The zero-order valence-electron chi connectivity index (χ0n) is 11.0. The maximum Gasteiger partial charge on any atom is 0.0341 e. The molecule has 0 aliphatic rings. The van der Waals surface area contributed by atoms with Crippen LogP contribution in [0.3, 0.4) is 0 Å². The van der Waals surface area contributed by atoms with Crippen LogP contribution in [0.4, 0.5) is 5.69 Å². The molecule has 1 aromatic rings. The van der Waals surface area contributed by atoms with Crippen LogP contribution in [0, 0.1) is 18.3 Å². The highest BCUT2D eigenvalue weighted by atomic mass is 14.9. The molecule has 1 aromatic carbocycles. The summed E-state index contributed by atoms with van der Waals surface area (Å²) >= 11 is 0. The lowest BCUT2D eigenvalue weighted by Gasteiger charge is -2.16. The van der Waals surface area contributed by atoms with E-state index in [0.29, 0.717) is 0 Å². The first kappa shape index (κ1) is 13.6. The van der Waals surface area contributed by atoms with Crippen LogP contribution < -0.4 is 5.32 Å². The molecule has 0 radical (unpaired) electrons. The number of hydrogen-bond donors (Lipinski definition) is 1. The van der Waals surface area contributed by atoms with Crippen molar-refractivity contribution in [1.82, 2.24) is 0 Å². The minimum absolute atomic E-state index is 0.780. The molecule has 1 heteroatoms. The Balaban J connectivity index is 2.40. The minimum Gasteiger partial charge on any atom is -0.385 e. The number of anilines is 1. The van der Waals surface area contributed by atoms with Gasteiger partial charge in [0.05, 0.1) is 0 Å². The molecule has 0 saturated heterocycles. The van der Waals surface area contributed by atoms with Gasteiger partial charge in [0, 0.05) is 17.8 Å². The van der Waals surface area contributed by atoms with E-state index in [1.807, 2.05) is 12.1 Å². The van der Waals surface area contributed by atoms with Gasteiger partial charge in [0.2, 0.25) is 0 Å². The van der Waals surface area contributed by atoms with Crippen LogP contribution in [0.1, 0.15) is 45.1 Å². The number of unbranched alkanes of at least 4 members (excludes halogenated alkanes) is 1. The second-order valence-corrected chi connectivity index (χ2v) is 4.52. The smallest absolute Gasteiger partial charge is 0.0341 e. The zero-order chi connectivity index (χ0) is 12.5. The Bertz CT molecular complexity index is 345. The first-order valence-electron chi connectivity index (χ1n) is 6.60. The molecule has 17 heavy (non-hydrogen) atoms. The van der Waals surface area contributed by atoms with Crippen molar-refractivity contribution in [2.75, 3.05) is 11.9 Å². The third-order valence-corrected chi connectivity index (χ3v) is 3.19. The van der Waals surface area contributed by atoms with Crippen molar-refractivity contribution in [3.05, 3.63) is 29.8 Å². The zero-order valence-corrected chi connectivity index (χ0v) is 11.0. The summed E-state index contributed by atoms with van der Waals surface area (Å²) in [7, 11) is 0. The van der Waals surface area contributed by atoms with Gasteiger partial charge in [0.1, 0.15) is 0 Å². The van der Waals surface area contributed by atoms with Crippen molar-refractivity contribution in [1.29, 1.82) is 0 Å². The fourth-order valence-corrected chi connectivity index (χ4v) is 1.89. The first-order valence-corrected chi connectivity index (χ1v) is 6.60. The maximum absolute atomic E-state index is 5.33. The molecule has 0 fully saturated rings. The summed E-state index contributed by atoms with van der Waals surface area (Å²) in [6.07, 6.45) is 10.5. The van der Waals surface area contributed by atoms with E-state index in [-0.39, 0.29) is 0 Å². The normalized spacial score (nSPS) is 11.8. The van der Waals surface area contributed by atoms with Gasteiger partial charge in [-0.2, -0.15) is 0 Å². The summed E-state index contributed by atoms with van der Waals surface area (Å²) in [5.41, 5.74) is 2.10. The van der Waals surface area contributed by atoms with Gasteiger partial charge < -0.3 is 5.32 Å². The molecule has 0 aliphatic carbocycles. The lowest BCUT2D eigenvalue weighted by atomic mass is 9.99. The summed E-state index contributed by atoms with van der Waals surface area (Å²) < 4.78 is 0. The molecule has 1 atom stereocenters. The number of terminal acetylenes is 1. The second-order valence-electron chi connectivity index (χ2n) is 4.52. The van der Waals surface area contributed by atoms with Crippen LogP contribution in [-0.2, 0) is 0 Å². The van der Waals surface area contributed by atoms with Gasteiger partial charge in [-0.3, -0.25) is 0 Å². The predicted molar refractivity (Wildman–Crippen MR) is 76.2 cm³/mol. The summed E-state index contributed by atoms with van der Waals surface area (Å²) in [6.45, 7) is 5.58. The van der Waals surface area contributed by atoms with Crippen molar-refractivity contribution in [2.45, 2.75) is 39.5 Å². The molecule has 1 N–H and O–H groups in total. The molecular weight excluding hydrogens is 206 g/mol. The first-order chi connectivity index (χ1) is 8.30. The van der Waals surface area contributed by atoms with Crippen molar-refractivity contribution >= 4 is 5.69 Å². The third kappa shape index (κ3) is 4.95. The number of benzene rings is 1. The van der Waals surface area contributed by atoms with Crippen LogP contribution >= 0.6 is 0 Å². The molecule has 92 valence electrons. The molecule has 1 nitrogen and oxygen atoms in total. The van der Waals surface area contributed by atoms with Crippen molar-refractivity contribution in [2.24, 2.45) is 5.92 Å². The quantitative estimate of drug-likeness (QED) is 0.687. The Morgan fingerprint density at radius 2 is 1.94 bits per heavy atom. The van der Waals surface area contributed by atoms with Gasteiger partial charge in [0.25, 0.3) is 0 Å². The van der Waals surface area contributed by atoms with Gasteiger partial charge in [-0.1, -0.05) is 39.0 Å². The molecule has 0 heterocycles. The Morgan fingerprint density at radius 1 is 1.24 bits per heavy atom. The van der Waals surface area contributed by atoms with E-state index >= 15 is 0 Å². The van der Waals surface area contributed by atoms with Crippen molar-refractivity contribution in [3.63, 3.8) is 0 Å². The summed E-state index contributed by atoms with van der Waals surface area (Å²) in [5.74, 6) is 3.41. The van der Waals surface area contributed by atoms with Crippen molar-refractivity contribution in [3.8, 4) is 12.3 Å². The predicted octanol–water partition coefficient (Wildman–Crippen LogP) is 4.30. The van der Waals surface area contributed by atoms with Crippen LogP contribution in [-0.4, -0.2) is 6.54 Å². The molecule has 0 saturated carbocycles.